The number of benzene rings is 4. The second-order valence-electron chi connectivity index (χ2n) is 7.94. The minimum Gasteiger partial charge on any atom is -0.505 e. The van der Waals surface area contributed by atoms with Crippen LogP contribution in [0.2, 0.25) is 5.02 Å². The van der Waals surface area contributed by atoms with Crippen molar-refractivity contribution in [1.29, 1.82) is 0 Å². The minimum atomic E-state index is -4.62. The van der Waals surface area contributed by atoms with Crippen LogP contribution in [0.1, 0.15) is 22.8 Å². The largest absolute Gasteiger partial charge is 0.505 e. The summed E-state index contributed by atoms with van der Waals surface area (Å²) in [5.41, 5.74) is 0.664. The number of methoxy groups -OCH3 is 1. The van der Waals surface area contributed by atoms with E-state index in [1.54, 1.807) is 55.5 Å². The first kappa shape index (κ1) is 26.1. The zero-order chi connectivity index (χ0) is 26.7. The van der Waals surface area contributed by atoms with Gasteiger partial charge in [-0.2, -0.15) is 8.42 Å². The van der Waals surface area contributed by atoms with E-state index >= 15 is 0 Å². The standard InChI is InChI=1S/C26H22ClN3O6S/c1-3-15-11-12-21(22(27)25(15)37(33,34)35)29-30-23-19-10-5-4-7-16(19)13-20(24(23)31)26(32)28-17-8-6-9-18(14-17)36-2/h4-14,31H,3H2,1-2H3,(H,28,32)(H,33,34,35). The number of ether oxygens (including phenoxy) is 1. The fraction of sp³-hybridized carbons (Fsp3) is 0.115. The highest BCUT2D eigenvalue weighted by molar-refractivity contribution is 7.86. The van der Waals surface area contributed by atoms with Gasteiger partial charge in [0, 0.05) is 17.1 Å². The molecule has 0 radical (unpaired) electrons. The van der Waals surface area contributed by atoms with Crippen LogP contribution in [0.15, 0.2) is 81.9 Å². The topological polar surface area (TPSA) is 138 Å². The molecule has 0 saturated carbocycles. The van der Waals surface area contributed by atoms with Crippen molar-refractivity contribution in [3.05, 3.63) is 82.9 Å². The first-order chi connectivity index (χ1) is 17.6. The Morgan fingerprint density at radius 3 is 2.51 bits per heavy atom. The lowest BCUT2D eigenvalue weighted by molar-refractivity contribution is 0.102. The van der Waals surface area contributed by atoms with E-state index in [2.05, 4.69) is 15.5 Å². The van der Waals surface area contributed by atoms with Crippen molar-refractivity contribution in [3.63, 3.8) is 0 Å². The number of aromatic hydroxyl groups is 1. The van der Waals surface area contributed by atoms with Crippen LogP contribution in [-0.2, 0) is 16.5 Å². The number of aryl methyl sites for hydroxylation is 1. The number of halogens is 1. The number of phenolic OH excluding ortho intramolecular Hbond substituents is 1. The van der Waals surface area contributed by atoms with E-state index in [4.69, 9.17) is 16.3 Å². The Morgan fingerprint density at radius 1 is 1.05 bits per heavy atom. The maximum Gasteiger partial charge on any atom is 0.296 e. The summed E-state index contributed by atoms with van der Waals surface area (Å²) in [6, 6.07) is 18.1. The Labute approximate surface area is 218 Å². The number of hydrogen-bond acceptors (Lipinski definition) is 7. The summed E-state index contributed by atoms with van der Waals surface area (Å²) in [6.45, 7) is 1.72. The summed E-state index contributed by atoms with van der Waals surface area (Å²) in [7, 11) is -3.11. The van der Waals surface area contributed by atoms with Crippen molar-refractivity contribution in [1.82, 2.24) is 0 Å². The highest BCUT2D eigenvalue weighted by Crippen LogP contribution is 2.41. The summed E-state index contributed by atoms with van der Waals surface area (Å²) in [4.78, 5) is 12.6. The molecule has 0 spiro atoms. The number of anilines is 1. The number of carbonyl (C=O) groups excluding carboxylic acids is 1. The van der Waals surface area contributed by atoms with E-state index in [0.717, 1.165) is 0 Å². The Hall–Kier alpha value is -3.99. The smallest absolute Gasteiger partial charge is 0.296 e. The van der Waals surface area contributed by atoms with E-state index in [9.17, 15) is 22.9 Å². The van der Waals surface area contributed by atoms with Gasteiger partial charge in [0.2, 0.25) is 0 Å². The molecule has 4 aromatic carbocycles. The SMILES string of the molecule is CCc1ccc(N=Nc2c(O)c(C(=O)Nc3cccc(OC)c3)cc3ccccc23)c(Cl)c1S(=O)(=O)O. The van der Waals surface area contributed by atoms with E-state index in [1.165, 1.54) is 25.3 Å². The fourth-order valence-electron chi connectivity index (χ4n) is 3.82. The highest BCUT2D eigenvalue weighted by atomic mass is 35.5. The number of rotatable bonds is 7. The van der Waals surface area contributed by atoms with E-state index in [0.29, 0.717) is 34.2 Å². The Bertz CT molecular complexity index is 1650. The van der Waals surface area contributed by atoms with Crippen LogP contribution in [-0.4, -0.2) is 31.1 Å². The monoisotopic (exact) mass is 539 g/mol. The molecule has 0 aromatic heterocycles. The van der Waals surface area contributed by atoms with Gasteiger partial charge >= 0.3 is 0 Å². The normalized spacial score (nSPS) is 11.7. The molecule has 0 heterocycles. The van der Waals surface area contributed by atoms with E-state index in [-0.39, 0.29) is 22.0 Å². The molecule has 0 saturated heterocycles. The van der Waals surface area contributed by atoms with Gasteiger partial charge in [-0.25, -0.2) is 0 Å². The lowest BCUT2D eigenvalue weighted by Gasteiger charge is -2.12. The number of nitrogens with one attached hydrogen (secondary N) is 1. The molecule has 0 atom stereocenters. The maximum atomic E-state index is 13.1. The molecule has 0 aliphatic rings. The van der Waals surface area contributed by atoms with Gasteiger partial charge in [-0.05, 0) is 41.6 Å². The van der Waals surface area contributed by atoms with E-state index in [1.807, 2.05) is 0 Å². The molecule has 0 aliphatic carbocycles. The number of amides is 1. The Morgan fingerprint density at radius 2 is 1.81 bits per heavy atom. The molecule has 3 N–H and O–H groups in total. The van der Waals surface area contributed by atoms with E-state index < -0.39 is 26.7 Å². The lowest BCUT2D eigenvalue weighted by atomic mass is 10.0. The summed E-state index contributed by atoms with van der Waals surface area (Å²) < 4.78 is 38.6. The van der Waals surface area contributed by atoms with Crippen LogP contribution < -0.4 is 10.1 Å². The van der Waals surface area contributed by atoms with Crippen LogP contribution in [0.25, 0.3) is 10.8 Å². The molecule has 11 heteroatoms. The lowest BCUT2D eigenvalue weighted by Crippen LogP contribution is -2.12. The van der Waals surface area contributed by atoms with Gasteiger partial charge in [0.1, 0.15) is 22.0 Å². The van der Waals surface area contributed by atoms with Gasteiger partial charge in [0.25, 0.3) is 16.0 Å². The molecule has 4 aromatic rings. The third kappa shape index (κ3) is 5.41. The van der Waals surface area contributed by atoms with Crippen molar-refractivity contribution in [2.45, 2.75) is 18.2 Å². The van der Waals surface area contributed by atoms with Crippen LogP contribution in [0.4, 0.5) is 17.1 Å². The van der Waals surface area contributed by atoms with Gasteiger partial charge in [-0.15, -0.1) is 10.2 Å². The van der Waals surface area contributed by atoms with Gasteiger partial charge < -0.3 is 15.2 Å². The molecule has 190 valence electrons. The Kier molecular flexibility index (Phi) is 7.44. The molecular formula is C26H22ClN3O6S. The van der Waals surface area contributed by atoms with Gasteiger partial charge in [0.15, 0.2) is 5.75 Å². The van der Waals surface area contributed by atoms with Crippen molar-refractivity contribution in [2.75, 3.05) is 12.4 Å². The molecule has 1 amide bonds. The maximum absolute atomic E-state index is 13.1. The predicted octanol–water partition coefficient (Wildman–Crippen LogP) is 6.68. The average molecular weight is 540 g/mol. The number of carbonyl (C=O) groups is 1. The zero-order valence-electron chi connectivity index (χ0n) is 19.8. The van der Waals surface area contributed by atoms with Crippen molar-refractivity contribution in [2.24, 2.45) is 10.2 Å². The third-order valence-corrected chi connectivity index (χ3v) is 7.10. The second-order valence-corrected chi connectivity index (χ2v) is 9.68. The van der Waals surface area contributed by atoms with Crippen molar-refractivity contribution in [3.8, 4) is 11.5 Å². The molecule has 37 heavy (non-hydrogen) atoms. The van der Waals surface area contributed by atoms with Crippen LogP contribution in [0.5, 0.6) is 11.5 Å². The first-order valence-electron chi connectivity index (χ1n) is 11.0. The summed E-state index contributed by atoms with van der Waals surface area (Å²) in [5, 5.41) is 22.7. The van der Waals surface area contributed by atoms with Crippen LogP contribution in [0.3, 0.4) is 0 Å². The summed E-state index contributed by atoms with van der Waals surface area (Å²) >= 11 is 6.27. The minimum absolute atomic E-state index is 0.0158. The molecule has 0 fully saturated rings. The quantitative estimate of drug-likeness (QED) is 0.177. The first-order valence-corrected chi connectivity index (χ1v) is 12.9. The molecule has 0 bridgehead atoms. The van der Waals surface area contributed by atoms with Crippen molar-refractivity contribution < 1.29 is 27.6 Å². The Balaban J connectivity index is 1.81. The number of phenols is 1. The number of nitrogens with zero attached hydrogens (tertiary/aromatic N) is 2. The second kappa shape index (κ2) is 10.6. The summed E-state index contributed by atoms with van der Waals surface area (Å²) in [6.07, 6.45) is 0.308. The van der Waals surface area contributed by atoms with Gasteiger partial charge in [0.05, 0.1) is 17.7 Å². The molecular weight excluding hydrogens is 518 g/mol. The predicted molar refractivity (Wildman–Crippen MR) is 141 cm³/mol. The highest BCUT2D eigenvalue weighted by Gasteiger charge is 2.22. The summed E-state index contributed by atoms with van der Waals surface area (Å²) in [5.74, 6) is -0.476. The molecule has 4 rings (SSSR count). The van der Waals surface area contributed by atoms with Gasteiger partial charge in [-0.1, -0.05) is 54.9 Å². The number of hydrogen-bond donors (Lipinski definition) is 3. The zero-order valence-corrected chi connectivity index (χ0v) is 21.3. The van der Waals surface area contributed by atoms with Crippen LogP contribution >= 0.6 is 11.6 Å². The molecule has 0 unspecified atom stereocenters. The number of fused-ring (bicyclic) bond motifs is 1. The average Bonchev–Trinajstić information content (AvgIpc) is 2.87. The van der Waals surface area contributed by atoms with Gasteiger partial charge in [-0.3, -0.25) is 9.35 Å². The van der Waals surface area contributed by atoms with Crippen molar-refractivity contribution >= 4 is 55.5 Å². The third-order valence-electron chi connectivity index (χ3n) is 5.62. The van der Waals surface area contributed by atoms with Crippen LogP contribution in [0, 0.1) is 0 Å². The fourth-order valence-corrected chi connectivity index (χ4v) is 5.20. The molecule has 0 aliphatic heterocycles. The number of azo groups is 1. The molecule has 9 nitrogen and oxygen atoms in total.